The Hall–Kier alpha value is -1.95. The fraction of sp³-hybridized carbons (Fsp3) is 0.462. The maximum Gasteiger partial charge on any atom is 0.203 e. The van der Waals surface area contributed by atoms with Gasteiger partial charge in [0, 0.05) is 0 Å². The zero-order valence-corrected chi connectivity index (χ0v) is 10.7. The molecule has 1 fully saturated rings. The number of aromatic nitrogens is 4. The first-order valence-corrected chi connectivity index (χ1v) is 6.35. The van der Waals surface area contributed by atoms with Crippen molar-refractivity contribution in [2.45, 2.75) is 25.5 Å². The highest BCUT2D eigenvalue weighted by atomic mass is 16.5. The fourth-order valence-electron chi connectivity index (χ4n) is 1.96. The van der Waals surface area contributed by atoms with Crippen LogP contribution < -0.4 is 4.74 Å². The van der Waals surface area contributed by atoms with Crippen molar-refractivity contribution in [2.24, 2.45) is 5.92 Å². The quantitative estimate of drug-likeness (QED) is 0.873. The minimum atomic E-state index is -0.565. The van der Waals surface area contributed by atoms with Crippen LogP contribution in [0, 0.1) is 5.92 Å². The molecular formula is C13H16N4O2. The molecule has 19 heavy (non-hydrogen) atoms. The summed E-state index contributed by atoms with van der Waals surface area (Å²) >= 11 is 0. The van der Waals surface area contributed by atoms with Gasteiger partial charge in [0.2, 0.25) is 5.82 Å². The average Bonchev–Trinajstić information content (AvgIpc) is 3.19. The second-order valence-corrected chi connectivity index (χ2v) is 4.81. The normalized spacial score (nSPS) is 16.3. The molecule has 0 amide bonds. The molecule has 1 N–H and O–H groups in total. The number of tetrazole rings is 1. The van der Waals surface area contributed by atoms with Gasteiger partial charge in [0.15, 0.2) is 0 Å². The van der Waals surface area contributed by atoms with E-state index in [1.54, 1.807) is 7.11 Å². The highest BCUT2D eigenvalue weighted by molar-refractivity contribution is 5.27. The van der Waals surface area contributed by atoms with Gasteiger partial charge in [0.1, 0.15) is 11.9 Å². The van der Waals surface area contributed by atoms with Gasteiger partial charge in [-0.2, -0.15) is 4.80 Å². The molecule has 0 saturated heterocycles. The topological polar surface area (TPSA) is 73.1 Å². The van der Waals surface area contributed by atoms with Crippen LogP contribution in [-0.4, -0.2) is 32.4 Å². The van der Waals surface area contributed by atoms with Crippen LogP contribution in [0.25, 0.3) is 0 Å². The third-order valence-electron chi connectivity index (χ3n) is 3.28. The molecule has 1 aromatic carbocycles. The summed E-state index contributed by atoms with van der Waals surface area (Å²) in [6.07, 6.45) is 1.53. The summed E-state index contributed by atoms with van der Waals surface area (Å²) in [5.41, 5.74) is 1.06. The molecule has 1 aliphatic carbocycles. The number of hydrogen-bond acceptors (Lipinski definition) is 5. The maximum atomic E-state index is 9.91. The summed E-state index contributed by atoms with van der Waals surface area (Å²) in [5, 5.41) is 22.0. The number of methoxy groups -OCH3 is 1. The van der Waals surface area contributed by atoms with Crippen LogP contribution in [0.2, 0.25) is 0 Å². The molecule has 0 bridgehead atoms. The van der Waals surface area contributed by atoms with Crippen molar-refractivity contribution < 1.29 is 9.84 Å². The minimum Gasteiger partial charge on any atom is -0.497 e. The van der Waals surface area contributed by atoms with Crippen LogP contribution in [0.1, 0.15) is 30.3 Å². The average molecular weight is 260 g/mol. The first kappa shape index (κ1) is 12.1. The van der Waals surface area contributed by atoms with Gasteiger partial charge in [-0.1, -0.05) is 12.1 Å². The van der Waals surface area contributed by atoms with Crippen molar-refractivity contribution in [3.05, 3.63) is 35.7 Å². The Morgan fingerprint density at radius 3 is 2.74 bits per heavy atom. The lowest BCUT2D eigenvalue weighted by Crippen LogP contribution is -2.06. The molecule has 0 spiro atoms. The number of ether oxygens (including phenoxy) is 1. The minimum absolute atomic E-state index is 0.318. The van der Waals surface area contributed by atoms with E-state index < -0.39 is 6.10 Å². The van der Waals surface area contributed by atoms with Crippen LogP contribution >= 0.6 is 0 Å². The number of aliphatic hydroxyl groups is 1. The molecule has 1 saturated carbocycles. The summed E-state index contributed by atoms with van der Waals surface area (Å²) in [7, 11) is 1.64. The van der Waals surface area contributed by atoms with E-state index in [2.05, 4.69) is 15.4 Å². The molecule has 0 aliphatic heterocycles. The molecule has 1 unspecified atom stereocenters. The molecule has 6 heteroatoms. The summed E-state index contributed by atoms with van der Waals surface area (Å²) in [6, 6.07) is 7.71. The molecular weight excluding hydrogens is 244 g/mol. The molecule has 1 aliphatic rings. The Bertz CT molecular complexity index is 548. The largest absolute Gasteiger partial charge is 0.497 e. The van der Waals surface area contributed by atoms with E-state index in [0.717, 1.165) is 24.2 Å². The van der Waals surface area contributed by atoms with E-state index in [9.17, 15) is 5.11 Å². The third-order valence-corrected chi connectivity index (χ3v) is 3.28. The number of hydrogen-bond donors (Lipinski definition) is 1. The van der Waals surface area contributed by atoms with Gasteiger partial charge >= 0.3 is 0 Å². The third kappa shape index (κ3) is 2.73. The smallest absolute Gasteiger partial charge is 0.203 e. The molecule has 3 rings (SSSR count). The lowest BCUT2D eigenvalue weighted by Gasteiger charge is -2.03. The van der Waals surface area contributed by atoms with Crippen molar-refractivity contribution in [1.82, 2.24) is 20.2 Å². The van der Waals surface area contributed by atoms with Crippen molar-refractivity contribution >= 4 is 0 Å². The molecule has 1 atom stereocenters. The van der Waals surface area contributed by atoms with Crippen molar-refractivity contribution in [2.75, 3.05) is 7.11 Å². The maximum absolute atomic E-state index is 9.91. The van der Waals surface area contributed by atoms with Gasteiger partial charge in [-0.15, -0.1) is 10.2 Å². The molecule has 2 aromatic rings. The van der Waals surface area contributed by atoms with E-state index in [4.69, 9.17) is 4.74 Å². The van der Waals surface area contributed by atoms with Crippen LogP contribution in [-0.2, 0) is 6.54 Å². The van der Waals surface area contributed by atoms with Gasteiger partial charge < -0.3 is 9.84 Å². The Kier molecular flexibility index (Phi) is 3.16. The van der Waals surface area contributed by atoms with Crippen LogP contribution in [0.15, 0.2) is 24.3 Å². The van der Waals surface area contributed by atoms with E-state index in [1.807, 2.05) is 24.3 Å². The van der Waals surface area contributed by atoms with Crippen molar-refractivity contribution in [3.8, 4) is 5.75 Å². The SMILES string of the molecule is COc1ccc(Cn2nnc(C(O)C3CC3)n2)cc1. The van der Waals surface area contributed by atoms with Crippen LogP contribution in [0.4, 0.5) is 0 Å². The molecule has 1 aromatic heterocycles. The van der Waals surface area contributed by atoms with Gasteiger partial charge in [0.05, 0.1) is 13.7 Å². The van der Waals surface area contributed by atoms with Gasteiger partial charge in [0.25, 0.3) is 0 Å². The molecule has 6 nitrogen and oxygen atoms in total. The van der Waals surface area contributed by atoms with Crippen molar-refractivity contribution in [1.29, 1.82) is 0 Å². The molecule has 1 heterocycles. The first-order valence-electron chi connectivity index (χ1n) is 6.35. The lowest BCUT2D eigenvalue weighted by atomic mass is 10.2. The molecule has 100 valence electrons. The number of nitrogens with zero attached hydrogens (tertiary/aromatic N) is 4. The Morgan fingerprint density at radius 2 is 2.11 bits per heavy atom. The summed E-state index contributed by atoms with van der Waals surface area (Å²) < 4.78 is 5.10. The standard InChI is InChI=1S/C13H16N4O2/c1-19-11-6-2-9(3-7-11)8-17-15-13(14-16-17)12(18)10-4-5-10/h2-3,6-7,10,12,18H,4-5,8H2,1H3. The number of benzene rings is 1. The number of rotatable bonds is 5. The zero-order chi connectivity index (χ0) is 13.2. The highest BCUT2D eigenvalue weighted by Crippen LogP contribution is 2.39. The highest BCUT2D eigenvalue weighted by Gasteiger charge is 2.33. The Labute approximate surface area is 111 Å². The summed E-state index contributed by atoms with van der Waals surface area (Å²) in [6.45, 7) is 0.536. The van der Waals surface area contributed by atoms with Crippen LogP contribution in [0.3, 0.4) is 0 Å². The van der Waals surface area contributed by atoms with Gasteiger partial charge in [-0.25, -0.2) is 0 Å². The fourth-order valence-corrected chi connectivity index (χ4v) is 1.96. The monoisotopic (exact) mass is 260 g/mol. The van der Waals surface area contributed by atoms with Gasteiger partial charge in [-0.3, -0.25) is 0 Å². The summed E-state index contributed by atoms with van der Waals surface area (Å²) in [4.78, 5) is 1.50. The predicted molar refractivity (Wildman–Crippen MR) is 67.6 cm³/mol. The van der Waals surface area contributed by atoms with Gasteiger partial charge in [-0.05, 0) is 41.7 Å². The predicted octanol–water partition coefficient (Wildman–Crippen LogP) is 1.17. The zero-order valence-electron chi connectivity index (χ0n) is 10.7. The van der Waals surface area contributed by atoms with E-state index in [0.29, 0.717) is 18.3 Å². The van der Waals surface area contributed by atoms with E-state index in [1.165, 1.54) is 4.80 Å². The second-order valence-electron chi connectivity index (χ2n) is 4.81. The Morgan fingerprint density at radius 1 is 1.37 bits per heavy atom. The Balaban J connectivity index is 1.68. The van der Waals surface area contributed by atoms with Crippen molar-refractivity contribution in [3.63, 3.8) is 0 Å². The van der Waals surface area contributed by atoms with E-state index >= 15 is 0 Å². The number of aliphatic hydroxyl groups excluding tert-OH is 1. The lowest BCUT2D eigenvalue weighted by molar-refractivity contribution is 0.143. The van der Waals surface area contributed by atoms with Crippen LogP contribution in [0.5, 0.6) is 5.75 Å². The summed E-state index contributed by atoms with van der Waals surface area (Å²) in [5.74, 6) is 1.56. The van der Waals surface area contributed by atoms with E-state index in [-0.39, 0.29) is 0 Å². The molecule has 0 radical (unpaired) electrons. The second kappa shape index (κ2) is 4.97. The first-order chi connectivity index (χ1) is 9.26.